The molecular formula is C9H7F2N3O. The minimum atomic E-state index is -0.748. The van der Waals surface area contributed by atoms with Gasteiger partial charge in [0.15, 0.2) is 5.82 Å². The van der Waals surface area contributed by atoms with E-state index >= 15 is 0 Å². The summed E-state index contributed by atoms with van der Waals surface area (Å²) in [7, 11) is 0. The van der Waals surface area contributed by atoms with E-state index in [4.69, 9.17) is 10.3 Å². The number of hydrogen-bond donors (Lipinski definition) is 1. The fraction of sp³-hybridized carbons (Fsp3) is 0.111. The molecule has 0 saturated carbocycles. The molecule has 0 bridgehead atoms. The van der Waals surface area contributed by atoms with Crippen LogP contribution in [0.3, 0.4) is 0 Å². The maximum atomic E-state index is 13.3. The van der Waals surface area contributed by atoms with Gasteiger partial charge in [-0.25, -0.2) is 8.78 Å². The number of aromatic nitrogens is 2. The highest BCUT2D eigenvalue weighted by atomic mass is 19.1. The van der Waals surface area contributed by atoms with Gasteiger partial charge in [0.2, 0.25) is 0 Å². The van der Waals surface area contributed by atoms with Crippen molar-refractivity contribution in [2.24, 2.45) is 5.73 Å². The van der Waals surface area contributed by atoms with Crippen LogP contribution in [0.4, 0.5) is 8.78 Å². The van der Waals surface area contributed by atoms with E-state index in [1.54, 1.807) is 0 Å². The minimum absolute atomic E-state index is 0.00653. The molecule has 1 aromatic heterocycles. The van der Waals surface area contributed by atoms with Gasteiger partial charge in [-0.3, -0.25) is 0 Å². The molecule has 0 aliphatic heterocycles. The van der Waals surface area contributed by atoms with Gasteiger partial charge in [0.05, 0.1) is 12.1 Å². The second-order valence-electron chi connectivity index (χ2n) is 2.84. The summed E-state index contributed by atoms with van der Waals surface area (Å²) < 4.78 is 30.6. The van der Waals surface area contributed by atoms with Crippen molar-refractivity contribution in [3.63, 3.8) is 0 Å². The van der Waals surface area contributed by atoms with Crippen LogP contribution >= 0.6 is 0 Å². The molecule has 4 nitrogen and oxygen atoms in total. The third kappa shape index (κ3) is 1.84. The lowest BCUT2D eigenvalue weighted by Crippen LogP contribution is -1.98. The Labute approximate surface area is 83.7 Å². The summed E-state index contributed by atoms with van der Waals surface area (Å²) in [6.45, 7) is 0.103. The highest BCUT2D eigenvalue weighted by Gasteiger charge is 2.12. The summed E-state index contributed by atoms with van der Waals surface area (Å²) in [6, 6.07) is 3.10. The first-order valence-electron chi connectivity index (χ1n) is 4.19. The lowest BCUT2D eigenvalue weighted by molar-refractivity contribution is 0.420. The molecule has 0 aliphatic rings. The van der Waals surface area contributed by atoms with E-state index in [9.17, 15) is 8.78 Å². The molecule has 0 atom stereocenters. The highest BCUT2D eigenvalue weighted by Crippen LogP contribution is 2.21. The quantitative estimate of drug-likeness (QED) is 0.816. The smallest absolute Gasteiger partial charge is 0.260 e. The van der Waals surface area contributed by atoms with Gasteiger partial charge in [-0.05, 0) is 12.1 Å². The Hall–Kier alpha value is -1.82. The van der Waals surface area contributed by atoms with Crippen molar-refractivity contribution in [2.75, 3.05) is 0 Å². The number of nitrogens with zero attached hydrogens (tertiary/aromatic N) is 2. The Bertz CT molecular complexity index is 484. The second kappa shape index (κ2) is 3.74. The van der Waals surface area contributed by atoms with Crippen molar-refractivity contribution in [1.82, 2.24) is 10.1 Å². The van der Waals surface area contributed by atoms with E-state index in [-0.39, 0.29) is 23.8 Å². The predicted molar refractivity (Wildman–Crippen MR) is 47.5 cm³/mol. The number of halogens is 2. The Kier molecular flexibility index (Phi) is 2.42. The molecule has 0 saturated heterocycles. The minimum Gasteiger partial charge on any atom is -0.334 e. The summed E-state index contributed by atoms with van der Waals surface area (Å²) >= 11 is 0. The molecule has 0 aliphatic carbocycles. The van der Waals surface area contributed by atoms with Crippen molar-refractivity contribution < 1.29 is 13.3 Å². The van der Waals surface area contributed by atoms with E-state index in [2.05, 4.69) is 10.1 Å². The molecule has 15 heavy (non-hydrogen) atoms. The third-order valence-electron chi connectivity index (χ3n) is 1.81. The zero-order valence-electron chi connectivity index (χ0n) is 7.58. The van der Waals surface area contributed by atoms with Gasteiger partial charge in [-0.15, -0.1) is 0 Å². The van der Waals surface area contributed by atoms with Gasteiger partial charge in [0, 0.05) is 6.07 Å². The number of nitrogens with two attached hydrogens (primary N) is 1. The molecule has 0 spiro atoms. The van der Waals surface area contributed by atoms with Crippen molar-refractivity contribution in [3.05, 3.63) is 35.7 Å². The first-order valence-corrected chi connectivity index (χ1v) is 4.19. The molecule has 2 rings (SSSR count). The summed E-state index contributed by atoms with van der Waals surface area (Å²) in [6.07, 6.45) is 0. The van der Waals surface area contributed by atoms with Gasteiger partial charge < -0.3 is 10.3 Å². The van der Waals surface area contributed by atoms with E-state index in [1.807, 2.05) is 0 Å². The van der Waals surface area contributed by atoms with Crippen LogP contribution in [0.15, 0.2) is 22.7 Å². The lowest BCUT2D eigenvalue weighted by atomic mass is 10.2. The fourth-order valence-electron chi connectivity index (χ4n) is 1.11. The zero-order valence-corrected chi connectivity index (χ0v) is 7.58. The average molecular weight is 211 g/mol. The Morgan fingerprint density at radius 1 is 1.33 bits per heavy atom. The molecule has 1 heterocycles. The van der Waals surface area contributed by atoms with Crippen LogP contribution in [-0.2, 0) is 6.54 Å². The zero-order chi connectivity index (χ0) is 10.8. The van der Waals surface area contributed by atoms with E-state index in [0.717, 1.165) is 12.1 Å². The van der Waals surface area contributed by atoms with Crippen molar-refractivity contribution in [3.8, 4) is 11.5 Å². The predicted octanol–water partition coefficient (Wildman–Crippen LogP) is 1.47. The normalized spacial score (nSPS) is 10.6. The van der Waals surface area contributed by atoms with Crippen molar-refractivity contribution in [1.29, 1.82) is 0 Å². The molecule has 6 heteroatoms. The maximum Gasteiger partial charge on any atom is 0.260 e. The Balaban J connectivity index is 2.44. The lowest BCUT2D eigenvalue weighted by Gasteiger charge is -1.96. The largest absolute Gasteiger partial charge is 0.334 e. The van der Waals surface area contributed by atoms with Crippen LogP contribution in [0.5, 0.6) is 0 Å². The van der Waals surface area contributed by atoms with Gasteiger partial charge >= 0.3 is 0 Å². The first-order chi connectivity index (χ1) is 7.20. The summed E-state index contributed by atoms with van der Waals surface area (Å²) in [5.74, 6) is -1.14. The molecule has 0 radical (unpaired) electrons. The monoisotopic (exact) mass is 211 g/mol. The van der Waals surface area contributed by atoms with Crippen LogP contribution in [0.2, 0.25) is 0 Å². The Morgan fingerprint density at radius 3 is 2.73 bits per heavy atom. The molecule has 0 unspecified atom stereocenters. The summed E-state index contributed by atoms with van der Waals surface area (Å²) in [5, 5.41) is 3.50. The van der Waals surface area contributed by atoms with E-state index < -0.39 is 11.6 Å². The fourth-order valence-corrected chi connectivity index (χ4v) is 1.11. The van der Waals surface area contributed by atoms with Crippen LogP contribution in [-0.4, -0.2) is 10.1 Å². The Morgan fingerprint density at radius 2 is 2.13 bits per heavy atom. The standard InChI is InChI=1S/C9H7F2N3O/c10-5-1-2-6(7(11)3-5)9-13-8(4-12)14-15-9/h1-3H,4,12H2. The highest BCUT2D eigenvalue weighted by molar-refractivity contribution is 5.53. The van der Waals surface area contributed by atoms with Crippen molar-refractivity contribution >= 4 is 0 Å². The van der Waals surface area contributed by atoms with Gasteiger partial charge in [0.1, 0.15) is 11.6 Å². The molecule has 0 amide bonds. The summed E-state index contributed by atoms with van der Waals surface area (Å²) in [5.41, 5.74) is 5.32. The number of rotatable bonds is 2. The van der Waals surface area contributed by atoms with Crippen LogP contribution in [0, 0.1) is 11.6 Å². The van der Waals surface area contributed by atoms with Crippen LogP contribution in [0.25, 0.3) is 11.5 Å². The molecule has 78 valence electrons. The molecule has 2 aromatic rings. The van der Waals surface area contributed by atoms with Crippen molar-refractivity contribution in [2.45, 2.75) is 6.54 Å². The van der Waals surface area contributed by atoms with Gasteiger partial charge in [0.25, 0.3) is 5.89 Å². The SMILES string of the molecule is NCc1noc(-c2ccc(F)cc2F)n1. The molecule has 0 fully saturated rings. The van der Waals surface area contributed by atoms with Crippen LogP contribution in [0.1, 0.15) is 5.82 Å². The molecular weight excluding hydrogens is 204 g/mol. The average Bonchev–Trinajstić information content (AvgIpc) is 2.66. The number of hydrogen-bond acceptors (Lipinski definition) is 4. The second-order valence-corrected chi connectivity index (χ2v) is 2.84. The maximum absolute atomic E-state index is 13.3. The first kappa shape index (κ1) is 9.72. The molecule has 1 aromatic carbocycles. The number of benzene rings is 1. The topological polar surface area (TPSA) is 64.9 Å². The van der Waals surface area contributed by atoms with Crippen LogP contribution < -0.4 is 5.73 Å². The summed E-state index contributed by atoms with van der Waals surface area (Å²) in [4.78, 5) is 3.82. The van der Waals surface area contributed by atoms with E-state index in [0.29, 0.717) is 0 Å². The third-order valence-corrected chi connectivity index (χ3v) is 1.81. The van der Waals surface area contributed by atoms with E-state index in [1.165, 1.54) is 6.07 Å². The molecule has 2 N–H and O–H groups in total. The van der Waals surface area contributed by atoms with Gasteiger partial charge in [-0.1, -0.05) is 5.16 Å². The van der Waals surface area contributed by atoms with Gasteiger partial charge in [-0.2, -0.15) is 4.98 Å².